The third kappa shape index (κ3) is 3.68. The molecule has 1 aromatic rings. The predicted octanol–water partition coefficient (Wildman–Crippen LogP) is 2.54. The highest BCUT2D eigenvalue weighted by Gasteiger charge is 2.17. The molecule has 0 saturated heterocycles. The summed E-state index contributed by atoms with van der Waals surface area (Å²) in [6.07, 6.45) is -0.0790. The minimum Gasteiger partial charge on any atom is -0.473 e. The smallest absolute Gasteiger partial charge is 0.238 e. The zero-order valence-electron chi connectivity index (χ0n) is 9.35. The fourth-order valence-corrected chi connectivity index (χ4v) is 3.40. The van der Waals surface area contributed by atoms with E-state index in [4.69, 9.17) is 15.1 Å². The zero-order chi connectivity index (χ0) is 13.9. The van der Waals surface area contributed by atoms with Crippen molar-refractivity contribution < 1.29 is 13.2 Å². The van der Waals surface area contributed by atoms with Gasteiger partial charge in [-0.15, -0.1) is 0 Å². The number of nitrogens with zero attached hydrogens (tertiary/aromatic N) is 1. The van der Waals surface area contributed by atoms with Crippen LogP contribution in [-0.4, -0.2) is 14.5 Å². The van der Waals surface area contributed by atoms with Crippen LogP contribution in [0.25, 0.3) is 0 Å². The topological polar surface area (TPSA) is 93.2 Å². The molecule has 18 heavy (non-hydrogen) atoms. The van der Waals surface area contributed by atoms with Gasteiger partial charge >= 0.3 is 0 Å². The maximum absolute atomic E-state index is 11.2. The molecule has 0 aromatic heterocycles. The SMILES string of the molecule is CCC(C#N)Oc1c(Br)cc(S(N)(=O)=O)cc1Br. The van der Waals surface area contributed by atoms with Crippen LogP contribution in [0.2, 0.25) is 0 Å². The Morgan fingerprint density at radius 2 is 1.94 bits per heavy atom. The third-order valence-electron chi connectivity index (χ3n) is 2.08. The van der Waals surface area contributed by atoms with Crippen LogP contribution in [0.1, 0.15) is 13.3 Å². The van der Waals surface area contributed by atoms with E-state index in [9.17, 15) is 8.42 Å². The van der Waals surface area contributed by atoms with Crippen molar-refractivity contribution in [1.29, 1.82) is 5.26 Å². The highest BCUT2D eigenvalue weighted by atomic mass is 79.9. The first-order chi connectivity index (χ1) is 8.29. The van der Waals surface area contributed by atoms with Gasteiger partial charge in [0.15, 0.2) is 6.10 Å². The summed E-state index contributed by atoms with van der Waals surface area (Å²) in [4.78, 5) is -0.0430. The van der Waals surface area contributed by atoms with Crippen LogP contribution >= 0.6 is 31.9 Å². The van der Waals surface area contributed by atoms with Crippen LogP contribution < -0.4 is 9.88 Å². The molecule has 1 aromatic carbocycles. The first-order valence-electron chi connectivity index (χ1n) is 4.87. The average molecular weight is 398 g/mol. The van der Waals surface area contributed by atoms with E-state index >= 15 is 0 Å². The van der Waals surface area contributed by atoms with Gasteiger partial charge in [-0.05, 0) is 50.4 Å². The lowest BCUT2D eigenvalue weighted by Crippen LogP contribution is -2.15. The highest BCUT2D eigenvalue weighted by molar-refractivity contribution is 9.11. The Hall–Kier alpha value is -0.620. The van der Waals surface area contributed by atoms with Gasteiger partial charge in [-0.2, -0.15) is 5.26 Å². The molecule has 0 radical (unpaired) electrons. The highest BCUT2D eigenvalue weighted by Crippen LogP contribution is 2.36. The molecule has 1 unspecified atom stereocenters. The molecule has 0 saturated carbocycles. The molecule has 0 aliphatic heterocycles. The number of benzene rings is 1. The summed E-state index contributed by atoms with van der Waals surface area (Å²) < 4.78 is 28.7. The molecule has 0 heterocycles. The molecule has 0 amide bonds. The van der Waals surface area contributed by atoms with Crippen LogP contribution in [0.4, 0.5) is 0 Å². The van der Waals surface area contributed by atoms with Crippen LogP contribution in [0.5, 0.6) is 5.75 Å². The van der Waals surface area contributed by atoms with E-state index in [1.165, 1.54) is 12.1 Å². The van der Waals surface area contributed by atoms with E-state index in [1.54, 1.807) is 0 Å². The van der Waals surface area contributed by atoms with Crippen molar-refractivity contribution in [2.75, 3.05) is 0 Å². The van der Waals surface area contributed by atoms with Crippen molar-refractivity contribution in [3.05, 3.63) is 21.1 Å². The normalized spacial score (nSPS) is 12.8. The van der Waals surface area contributed by atoms with Gasteiger partial charge in [-0.3, -0.25) is 0 Å². The number of nitriles is 1. The standard InChI is InChI=1S/C10H10Br2N2O3S/c1-2-6(5-13)17-10-8(11)3-7(4-9(10)12)18(14,15)16/h3-4,6H,2H2,1H3,(H2,14,15,16). The van der Waals surface area contributed by atoms with Gasteiger partial charge in [-0.1, -0.05) is 6.92 Å². The molecule has 1 rings (SSSR count). The van der Waals surface area contributed by atoms with Crippen LogP contribution in [0, 0.1) is 11.3 Å². The lowest BCUT2D eigenvalue weighted by molar-refractivity contribution is 0.248. The van der Waals surface area contributed by atoms with E-state index in [0.717, 1.165) is 0 Å². The summed E-state index contributed by atoms with van der Waals surface area (Å²) in [5, 5.41) is 13.9. The first-order valence-corrected chi connectivity index (χ1v) is 8.01. The summed E-state index contributed by atoms with van der Waals surface area (Å²) in [5.41, 5.74) is 0. The maximum Gasteiger partial charge on any atom is 0.238 e. The number of hydrogen-bond acceptors (Lipinski definition) is 4. The summed E-state index contributed by atoms with van der Waals surface area (Å²) in [5.74, 6) is 0.371. The Bertz CT molecular complexity index is 573. The predicted molar refractivity (Wildman–Crippen MR) is 73.5 cm³/mol. The van der Waals surface area contributed by atoms with Crippen molar-refractivity contribution >= 4 is 41.9 Å². The Morgan fingerprint density at radius 3 is 2.28 bits per heavy atom. The molecule has 0 fully saturated rings. The van der Waals surface area contributed by atoms with E-state index in [0.29, 0.717) is 21.1 Å². The van der Waals surface area contributed by atoms with E-state index in [1.807, 2.05) is 13.0 Å². The van der Waals surface area contributed by atoms with Crippen molar-refractivity contribution in [1.82, 2.24) is 0 Å². The minimum atomic E-state index is -3.78. The molecule has 0 aliphatic carbocycles. The van der Waals surface area contributed by atoms with Crippen molar-refractivity contribution in [3.63, 3.8) is 0 Å². The van der Waals surface area contributed by atoms with Crippen LogP contribution in [0.3, 0.4) is 0 Å². The second-order valence-electron chi connectivity index (χ2n) is 3.40. The number of hydrogen-bond donors (Lipinski definition) is 1. The van der Waals surface area contributed by atoms with Gasteiger partial charge in [0.05, 0.1) is 13.8 Å². The second-order valence-corrected chi connectivity index (χ2v) is 6.67. The molecule has 98 valence electrons. The number of halogens is 2. The van der Waals surface area contributed by atoms with Crippen molar-refractivity contribution in [2.24, 2.45) is 5.14 Å². The number of sulfonamides is 1. The number of ether oxygens (including phenoxy) is 1. The molecule has 2 N–H and O–H groups in total. The molecule has 8 heteroatoms. The molecule has 0 aliphatic rings. The van der Waals surface area contributed by atoms with Crippen LogP contribution in [-0.2, 0) is 10.0 Å². The summed E-state index contributed by atoms with van der Waals surface area (Å²) in [6.45, 7) is 1.81. The Labute approximate surface area is 122 Å². The summed E-state index contributed by atoms with van der Waals surface area (Å²) >= 11 is 6.39. The fraction of sp³-hybridized carbons (Fsp3) is 0.300. The van der Waals surface area contributed by atoms with Gasteiger partial charge in [0, 0.05) is 0 Å². The Kier molecular flexibility index (Phi) is 5.16. The monoisotopic (exact) mass is 396 g/mol. The molecular weight excluding hydrogens is 388 g/mol. The summed E-state index contributed by atoms with van der Waals surface area (Å²) in [6, 6.07) is 4.66. The minimum absolute atomic E-state index is 0.0430. The number of rotatable bonds is 4. The quantitative estimate of drug-likeness (QED) is 0.844. The van der Waals surface area contributed by atoms with E-state index in [-0.39, 0.29) is 4.90 Å². The van der Waals surface area contributed by atoms with Gasteiger partial charge in [-0.25, -0.2) is 13.6 Å². The van der Waals surface area contributed by atoms with Crippen molar-refractivity contribution in [2.45, 2.75) is 24.3 Å². The lowest BCUT2D eigenvalue weighted by Gasteiger charge is -2.14. The molecule has 5 nitrogen and oxygen atoms in total. The second kappa shape index (κ2) is 6.02. The largest absolute Gasteiger partial charge is 0.473 e. The lowest BCUT2D eigenvalue weighted by atomic mass is 10.3. The van der Waals surface area contributed by atoms with Crippen molar-refractivity contribution in [3.8, 4) is 11.8 Å². The molecular formula is C10H10Br2N2O3S. The van der Waals surface area contributed by atoms with Crippen LogP contribution in [0.15, 0.2) is 26.0 Å². The van der Waals surface area contributed by atoms with Gasteiger partial charge in [0.1, 0.15) is 11.8 Å². The number of primary sulfonamides is 1. The molecule has 0 bridgehead atoms. The average Bonchev–Trinajstić information content (AvgIpc) is 2.27. The van der Waals surface area contributed by atoms with Gasteiger partial charge in [0.25, 0.3) is 0 Å². The first kappa shape index (κ1) is 15.4. The number of nitrogens with two attached hydrogens (primary N) is 1. The summed E-state index contributed by atoms with van der Waals surface area (Å²) in [7, 11) is -3.78. The fourth-order valence-electron chi connectivity index (χ4n) is 1.16. The van der Waals surface area contributed by atoms with E-state index < -0.39 is 16.1 Å². The Morgan fingerprint density at radius 1 is 1.44 bits per heavy atom. The third-order valence-corrected chi connectivity index (χ3v) is 4.15. The maximum atomic E-state index is 11.2. The van der Waals surface area contributed by atoms with Gasteiger partial charge < -0.3 is 4.74 Å². The van der Waals surface area contributed by atoms with E-state index in [2.05, 4.69) is 31.9 Å². The molecule has 1 atom stereocenters. The Balaban J connectivity index is 3.22. The zero-order valence-corrected chi connectivity index (χ0v) is 13.3. The van der Waals surface area contributed by atoms with Gasteiger partial charge in [0.2, 0.25) is 10.0 Å². The molecule has 0 spiro atoms.